The van der Waals surface area contributed by atoms with E-state index in [1.165, 1.54) is 10.9 Å². The van der Waals surface area contributed by atoms with E-state index in [1.807, 2.05) is 6.07 Å². The van der Waals surface area contributed by atoms with Gasteiger partial charge in [0.1, 0.15) is 5.56 Å². The number of esters is 1. The Labute approximate surface area is 122 Å². The maximum atomic E-state index is 11.9. The van der Waals surface area contributed by atoms with Gasteiger partial charge in [-0.3, -0.25) is 4.72 Å². The number of carbonyl (C=O) groups excluding carboxylic acids is 1. The van der Waals surface area contributed by atoms with Gasteiger partial charge in [-0.1, -0.05) is 18.2 Å². The molecule has 2 aromatic rings. The van der Waals surface area contributed by atoms with Crippen LogP contribution in [0.3, 0.4) is 0 Å². The van der Waals surface area contributed by atoms with Gasteiger partial charge >= 0.3 is 5.97 Å². The number of carbonyl (C=O) groups is 1. The average molecular weight is 309 g/mol. The van der Waals surface area contributed by atoms with Gasteiger partial charge in [0.05, 0.1) is 24.7 Å². The van der Waals surface area contributed by atoms with E-state index < -0.39 is 16.0 Å². The summed E-state index contributed by atoms with van der Waals surface area (Å²) in [6.07, 6.45) is 2.28. The van der Waals surface area contributed by atoms with Crippen LogP contribution in [0.1, 0.15) is 17.3 Å². The Morgan fingerprint density at radius 3 is 2.57 bits per heavy atom. The molecule has 0 saturated carbocycles. The molecule has 1 aromatic heterocycles. The summed E-state index contributed by atoms with van der Waals surface area (Å²) >= 11 is 0. The van der Waals surface area contributed by atoms with Gasteiger partial charge in [-0.2, -0.15) is 5.10 Å². The minimum absolute atomic E-state index is 0.0575. The maximum Gasteiger partial charge on any atom is 0.343 e. The molecule has 0 aliphatic heterocycles. The Kier molecular flexibility index (Phi) is 4.27. The molecule has 1 N–H and O–H groups in total. The van der Waals surface area contributed by atoms with Gasteiger partial charge < -0.3 is 4.74 Å². The average Bonchev–Trinajstić information content (AvgIpc) is 2.81. The van der Waals surface area contributed by atoms with Crippen molar-refractivity contribution in [1.82, 2.24) is 9.78 Å². The molecule has 0 amide bonds. The number of para-hydroxylation sites is 1. The first-order valence-corrected chi connectivity index (χ1v) is 8.10. The molecule has 0 bridgehead atoms. The lowest BCUT2D eigenvalue weighted by molar-refractivity contribution is 0.0527. The highest BCUT2D eigenvalue weighted by molar-refractivity contribution is 7.92. The zero-order chi connectivity index (χ0) is 15.5. The van der Waals surface area contributed by atoms with Gasteiger partial charge in [0.25, 0.3) is 0 Å². The highest BCUT2D eigenvalue weighted by Gasteiger charge is 2.21. The van der Waals surface area contributed by atoms with E-state index in [9.17, 15) is 13.2 Å². The predicted octanol–water partition coefficient (Wildman–Crippen LogP) is 1.42. The summed E-state index contributed by atoms with van der Waals surface area (Å²) in [4.78, 5) is 11.9. The maximum absolute atomic E-state index is 11.9. The fourth-order valence-corrected chi connectivity index (χ4v) is 2.29. The van der Waals surface area contributed by atoms with Crippen LogP contribution in [-0.2, 0) is 14.8 Å². The number of ether oxygens (including phenoxy) is 1. The molecule has 8 heteroatoms. The van der Waals surface area contributed by atoms with Crippen molar-refractivity contribution in [2.45, 2.75) is 6.92 Å². The summed E-state index contributed by atoms with van der Waals surface area (Å²) in [5.41, 5.74) is 0.685. The minimum Gasteiger partial charge on any atom is -0.462 e. The highest BCUT2D eigenvalue weighted by Crippen LogP contribution is 2.22. The van der Waals surface area contributed by atoms with Crippen LogP contribution in [0.25, 0.3) is 5.69 Å². The van der Waals surface area contributed by atoms with Crippen LogP contribution >= 0.6 is 0 Å². The van der Waals surface area contributed by atoms with Crippen LogP contribution < -0.4 is 4.72 Å². The van der Waals surface area contributed by atoms with Gasteiger partial charge in [-0.25, -0.2) is 17.9 Å². The van der Waals surface area contributed by atoms with Crippen molar-refractivity contribution in [2.24, 2.45) is 0 Å². The minimum atomic E-state index is -3.57. The fraction of sp³-hybridized carbons (Fsp3) is 0.231. The van der Waals surface area contributed by atoms with Crippen molar-refractivity contribution in [2.75, 3.05) is 17.6 Å². The van der Waals surface area contributed by atoms with Gasteiger partial charge in [0.2, 0.25) is 10.0 Å². The number of anilines is 1. The number of benzene rings is 1. The van der Waals surface area contributed by atoms with Crippen LogP contribution in [0.2, 0.25) is 0 Å². The normalized spacial score (nSPS) is 11.1. The lowest BCUT2D eigenvalue weighted by Crippen LogP contribution is -2.16. The molecular weight excluding hydrogens is 294 g/mol. The molecule has 0 spiro atoms. The van der Waals surface area contributed by atoms with Gasteiger partial charge in [-0.15, -0.1) is 0 Å². The van der Waals surface area contributed by atoms with E-state index in [2.05, 4.69) is 9.82 Å². The number of rotatable bonds is 5. The fourth-order valence-electron chi connectivity index (χ4n) is 1.75. The first-order valence-electron chi connectivity index (χ1n) is 6.20. The number of hydrogen-bond donors (Lipinski definition) is 1. The third kappa shape index (κ3) is 3.60. The van der Waals surface area contributed by atoms with E-state index in [4.69, 9.17) is 4.74 Å². The summed E-state index contributed by atoms with van der Waals surface area (Å²) < 4.78 is 31.6. The SMILES string of the molecule is CCOC(=O)c1cnn(-c2ccccc2)c1NS(C)(=O)=O. The van der Waals surface area contributed by atoms with E-state index in [0.29, 0.717) is 5.69 Å². The number of aromatic nitrogens is 2. The summed E-state index contributed by atoms with van der Waals surface area (Å²) in [6, 6.07) is 8.88. The Morgan fingerprint density at radius 1 is 1.33 bits per heavy atom. The molecular formula is C13H15N3O4S. The zero-order valence-corrected chi connectivity index (χ0v) is 12.4. The molecule has 0 unspecified atom stereocenters. The van der Waals surface area contributed by atoms with Crippen molar-refractivity contribution < 1.29 is 17.9 Å². The van der Waals surface area contributed by atoms with E-state index in [1.54, 1.807) is 31.2 Å². The topological polar surface area (TPSA) is 90.3 Å². The lowest BCUT2D eigenvalue weighted by Gasteiger charge is -2.10. The molecule has 0 aliphatic rings. The first-order chi connectivity index (χ1) is 9.92. The number of hydrogen-bond acceptors (Lipinski definition) is 5. The molecule has 0 radical (unpaired) electrons. The van der Waals surface area contributed by atoms with Gasteiger partial charge in [-0.05, 0) is 19.1 Å². The third-order valence-electron chi connectivity index (χ3n) is 2.55. The molecule has 0 saturated heterocycles. The molecule has 0 aliphatic carbocycles. The second-order valence-electron chi connectivity index (χ2n) is 4.25. The van der Waals surface area contributed by atoms with Crippen molar-refractivity contribution in [3.05, 3.63) is 42.1 Å². The molecule has 21 heavy (non-hydrogen) atoms. The van der Waals surface area contributed by atoms with E-state index in [0.717, 1.165) is 6.26 Å². The van der Waals surface area contributed by atoms with Crippen molar-refractivity contribution in [1.29, 1.82) is 0 Å². The van der Waals surface area contributed by atoms with Crippen LogP contribution in [0.4, 0.5) is 5.82 Å². The highest BCUT2D eigenvalue weighted by atomic mass is 32.2. The van der Waals surface area contributed by atoms with Crippen LogP contribution in [-0.4, -0.2) is 37.0 Å². The largest absolute Gasteiger partial charge is 0.462 e. The predicted molar refractivity (Wildman–Crippen MR) is 78.0 cm³/mol. The van der Waals surface area contributed by atoms with Crippen molar-refractivity contribution >= 4 is 21.8 Å². The van der Waals surface area contributed by atoms with Crippen molar-refractivity contribution in [3.8, 4) is 5.69 Å². The number of nitrogens with zero attached hydrogens (tertiary/aromatic N) is 2. The molecule has 0 fully saturated rings. The number of sulfonamides is 1. The van der Waals surface area contributed by atoms with Crippen LogP contribution in [0, 0.1) is 0 Å². The summed E-state index contributed by atoms with van der Waals surface area (Å²) in [5.74, 6) is -0.576. The van der Waals surface area contributed by atoms with E-state index >= 15 is 0 Å². The smallest absolute Gasteiger partial charge is 0.343 e. The summed E-state index contributed by atoms with van der Waals surface area (Å²) in [7, 11) is -3.57. The monoisotopic (exact) mass is 309 g/mol. The molecule has 7 nitrogen and oxygen atoms in total. The Hall–Kier alpha value is -2.35. The Bertz CT molecular complexity index is 738. The molecule has 2 rings (SSSR count). The standard InChI is InChI=1S/C13H15N3O4S/c1-3-20-13(17)11-9-14-16(10-7-5-4-6-8-10)12(11)15-21(2,18)19/h4-9,15H,3H2,1-2H3. The molecule has 112 valence electrons. The lowest BCUT2D eigenvalue weighted by atomic mass is 10.3. The molecule has 1 aromatic carbocycles. The van der Waals surface area contributed by atoms with E-state index in [-0.39, 0.29) is 18.0 Å². The quantitative estimate of drug-likeness (QED) is 0.844. The Morgan fingerprint density at radius 2 is 2.00 bits per heavy atom. The number of nitrogens with one attached hydrogen (secondary N) is 1. The molecule has 0 atom stereocenters. The zero-order valence-electron chi connectivity index (χ0n) is 11.6. The van der Waals surface area contributed by atoms with Crippen LogP contribution in [0.15, 0.2) is 36.5 Å². The van der Waals surface area contributed by atoms with Crippen LogP contribution in [0.5, 0.6) is 0 Å². The second-order valence-corrected chi connectivity index (χ2v) is 6.00. The second kappa shape index (κ2) is 5.96. The molecule has 1 heterocycles. The summed E-state index contributed by atoms with van der Waals surface area (Å²) in [5, 5.41) is 4.06. The first kappa shape index (κ1) is 15.0. The van der Waals surface area contributed by atoms with Gasteiger partial charge in [0, 0.05) is 0 Å². The van der Waals surface area contributed by atoms with Crippen molar-refractivity contribution in [3.63, 3.8) is 0 Å². The summed E-state index contributed by atoms with van der Waals surface area (Å²) in [6.45, 7) is 1.86. The third-order valence-corrected chi connectivity index (χ3v) is 3.11. The Balaban J connectivity index is 2.54. The van der Waals surface area contributed by atoms with Gasteiger partial charge in [0.15, 0.2) is 5.82 Å².